The lowest BCUT2D eigenvalue weighted by molar-refractivity contribution is 0.354. The maximum Gasteiger partial charge on any atom is 0.246 e. The zero-order valence-electron chi connectivity index (χ0n) is 12.8. The summed E-state index contributed by atoms with van der Waals surface area (Å²) in [4.78, 5) is 0.282. The molecule has 0 aliphatic rings. The molecule has 1 rings (SSSR count). The molecular formula is C13H26N4O2S. The molecule has 0 saturated carbocycles. The first kappa shape index (κ1) is 17.1. The van der Waals surface area contributed by atoms with Crippen LogP contribution >= 0.6 is 0 Å². The predicted molar refractivity (Wildman–Crippen MR) is 80.1 cm³/mol. The van der Waals surface area contributed by atoms with E-state index in [1.807, 2.05) is 27.8 Å². The van der Waals surface area contributed by atoms with Crippen LogP contribution in [0.4, 0.5) is 0 Å². The van der Waals surface area contributed by atoms with Crippen LogP contribution in [0.5, 0.6) is 0 Å². The Kier molecular flexibility index (Phi) is 6.64. The van der Waals surface area contributed by atoms with Gasteiger partial charge in [0.15, 0.2) is 0 Å². The number of rotatable bonds is 9. The molecule has 0 atom stereocenters. The first-order chi connectivity index (χ1) is 9.43. The van der Waals surface area contributed by atoms with E-state index < -0.39 is 10.0 Å². The fourth-order valence-electron chi connectivity index (χ4n) is 2.03. The van der Waals surface area contributed by atoms with Crippen molar-refractivity contribution >= 4 is 10.0 Å². The third-order valence-electron chi connectivity index (χ3n) is 3.05. The Labute approximate surface area is 122 Å². The summed E-state index contributed by atoms with van der Waals surface area (Å²) < 4.78 is 28.4. The Hall–Kier alpha value is -0.920. The molecule has 1 heterocycles. The lowest BCUT2D eigenvalue weighted by atomic mass is 10.4. The average molecular weight is 302 g/mol. The minimum atomic E-state index is -3.44. The molecule has 0 saturated heterocycles. The number of nitrogens with zero attached hydrogens (tertiary/aromatic N) is 3. The van der Waals surface area contributed by atoms with Crippen LogP contribution in [0.25, 0.3) is 0 Å². The molecule has 6 nitrogen and oxygen atoms in total. The minimum absolute atomic E-state index is 0.0485. The van der Waals surface area contributed by atoms with Gasteiger partial charge in [-0.3, -0.25) is 4.68 Å². The second-order valence-corrected chi connectivity index (χ2v) is 7.00. The van der Waals surface area contributed by atoms with Crippen LogP contribution in [0.15, 0.2) is 17.3 Å². The summed E-state index contributed by atoms with van der Waals surface area (Å²) in [6.45, 7) is 7.90. The summed E-state index contributed by atoms with van der Waals surface area (Å²) in [5.41, 5.74) is 0. The van der Waals surface area contributed by atoms with Crippen LogP contribution in [-0.2, 0) is 16.6 Å². The van der Waals surface area contributed by atoms with Gasteiger partial charge in [-0.15, -0.1) is 0 Å². The smallest absolute Gasteiger partial charge is 0.246 e. The van der Waals surface area contributed by atoms with Gasteiger partial charge in [0.1, 0.15) is 4.90 Å². The Morgan fingerprint density at radius 3 is 2.70 bits per heavy atom. The van der Waals surface area contributed by atoms with Crippen molar-refractivity contribution in [2.24, 2.45) is 0 Å². The van der Waals surface area contributed by atoms with Gasteiger partial charge in [0.25, 0.3) is 0 Å². The maximum absolute atomic E-state index is 12.6. The topological polar surface area (TPSA) is 67.2 Å². The molecule has 0 aromatic carbocycles. The summed E-state index contributed by atoms with van der Waals surface area (Å²) >= 11 is 0. The van der Waals surface area contributed by atoms with Crippen molar-refractivity contribution in [2.45, 2.75) is 51.1 Å². The standard InChI is InChI=1S/C13H26N4O2S/c1-5-8-17(12(2)3)20(18,19)13-10-15-16(11-13)9-6-7-14-4/h10-12,14H,5-9H2,1-4H3. The summed E-state index contributed by atoms with van der Waals surface area (Å²) in [6, 6.07) is -0.0485. The molecule has 116 valence electrons. The first-order valence-corrected chi connectivity index (χ1v) is 8.56. The van der Waals surface area contributed by atoms with E-state index in [0.717, 1.165) is 19.4 Å². The summed E-state index contributed by atoms with van der Waals surface area (Å²) in [6.07, 6.45) is 4.78. The van der Waals surface area contributed by atoms with E-state index in [-0.39, 0.29) is 10.9 Å². The van der Waals surface area contributed by atoms with Crippen LogP contribution in [0, 0.1) is 0 Å². The van der Waals surface area contributed by atoms with Crippen molar-refractivity contribution in [3.63, 3.8) is 0 Å². The minimum Gasteiger partial charge on any atom is -0.320 e. The zero-order chi connectivity index (χ0) is 15.2. The molecule has 0 aliphatic heterocycles. The van der Waals surface area contributed by atoms with E-state index in [4.69, 9.17) is 0 Å². The molecule has 7 heteroatoms. The number of nitrogens with one attached hydrogen (secondary N) is 1. The van der Waals surface area contributed by atoms with E-state index >= 15 is 0 Å². The number of hydrogen-bond donors (Lipinski definition) is 1. The first-order valence-electron chi connectivity index (χ1n) is 7.12. The summed E-state index contributed by atoms with van der Waals surface area (Å²) in [7, 11) is -1.54. The summed E-state index contributed by atoms with van der Waals surface area (Å²) in [5, 5.41) is 7.20. The van der Waals surface area contributed by atoms with E-state index in [2.05, 4.69) is 10.4 Å². The van der Waals surface area contributed by atoms with E-state index in [9.17, 15) is 8.42 Å². The second-order valence-electron chi connectivity index (χ2n) is 5.11. The van der Waals surface area contributed by atoms with Crippen molar-refractivity contribution in [3.8, 4) is 0 Å². The van der Waals surface area contributed by atoms with Gasteiger partial charge in [-0.25, -0.2) is 8.42 Å². The molecule has 20 heavy (non-hydrogen) atoms. The van der Waals surface area contributed by atoms with Gasteiger partial charge in [0.2, 0.25) is 10.0 Å². The largest absolute Gasteiger partial charge is 0.320 e. The number of sulfonamides is 1. The normalized spacial score (nSPS) is 12.5. The van der Waals surface area contributed by atoms with Gasteiger partial charge in [-0.2, -0.15) is 9.40 Å². The van der Waals surface area contributed by atoms with Crippen molar-refractivity contribution in [2.75, 3.05) is 20.1 Å². The molecule has 1 N–H and O–H groups in total. The molecule has 0 fully saturated rings. The molecular weight excluding hydrogens is 276 g/mol. The van der Waals surface area contributed by atoms with Crippen molar-refractivity contribution in [3.05, 3.63) is 12.4 Å². The van der Waals surface area contributed by atoms with Crippen LogP contribution in [0.3, 0.4) is 0 Å². The molecule has 0 aliphatic carbocycles. The Bertz CT molecular complexity index is 496. The molecule has 0 spiro atoms. The fourth-order valence-corrected chi connectivity index (χ4v) is 3.71. The van der Waals surface area contributed by atoms with Gasteiger partial charge in [0, 0.05) is 25.3 Å². The molecule has 1 aromatic heterocycles. The molecule has 0 amide bonds. The monoisotopic (exact) mass is 302 g/mol. The highest BCUT2D eigenvalue weighted by molar-refractivity contribution is 7.89. The quantitative estimate of drug-likeness (QED) is 0.698. The number of aryl methyl sites for hydroxylation is 1. The van der Waals surface area contributed by atoms with Crippen molar-refractivity contribution < 1.29 is 8.42 Å². The highest BCUT2D eigenvalue weighted by Gasteiger charge is 2.27. The van der Waals surface area contributed by atoms with Gasteiger partial charge in [0.05, 0.1) is 6.20 Å². The predicted octanol–water partition coefficient (Wildman–Crippen LogP) is 1.30. The van der Waals surface area contributed by atoms with Crippen LogP contribution in [0.1, 0.15) is 33.6 Å². The second kappa shape index (κ2) is 7.75. The van der Waals surface area contributed by atoms with Gasteiger partial charge < -0.3 is 5.32 Å². The van der Waals surface area contributed by atoms with Gasteiger partial charge >= 0.3 is 0 Å². The number of hydrogen-bond acceptors (Lipinski definition) is 4. The van der Waals surface area contributed by atoms with Crippen molar-refractivity contribution in [1.82, 2.24) is 19.4 Å². The SMILES string of the molecule is CCCN(C(C)C)S(=O)(=O)c1cnn(CCCNC)c1. The third kappa shape index (κ3) is 4.29. The van der Waals surface area contributed by atoms with Crippen LogP contribution in [0.2, 0.25) is 0 Å². The highest BCUT2D eigenvalue weighted by Crippen LogP contribution is 2.18. The lowest BCUT2D eigenvalue weighted by Crippen LogP contribution is -2.37. The average Bonchev–Trinajstić information content (AvgIpc) is 2.85. The fraction of sp³-hybridized carbons (Fsp3) is 0.769. The number of aromatic nitrogens is 2. The summed E-state index contributed by atoms with van der Waals surface area (Å²) in [5.74, 6) is 0. The third-order valence-corrected chi connectivity index (χ3v) is 5.08. The Morgan fingerprint density at radius 1 is 1.45 bits per heavy atom. The molecule has 0 unspecified atom stereocenters. The van der Waals surface area contributed by atoms with Crippen molar-refractivity contribution in [1.29, 1.82) is 0 Å². The Balaban J connectivity index is 2.86. The molecule has 0 bridgehead atoms. The lowest BCUT2D eigenvalue weighted by Gasteiger charge is -2.24. The van der Waals surface area contributed by atoms with Crippen LogP contribution in [-0.4, -0.2) is 48.7 Å². The van der Waals surface area contributed by atoms with Gasteiger partial charge in [-0.1, -0.05) is 6.92 Å². The van der Waals surface area contributed by atoms with E-state index in [1.54, 1.807) is 10.9 Å². The van der Waals surface area contributed by atoms with E-state index in [1.165, 1.54) is 10.5 Å². The molecule has 1 aromatic rings. The highest BCUT2D eigenvalue weighted by atomic mass is 32.2. The maximum atomic E-state index is 12.6. The Morgan fingerprint density at radius 2 is 2.15 bits per heavy atom. The van der Waals surface area contributed by atoms with E-state index in [0.29, 0.717) is 13.1 Å². The zero-order valence-corrected chi connectivity index (χ0v) is 13.7. The molecule has 0 radical (unpaired) electrons. The van der Waals surface area contributed by atoms with Crippen LogP contribution < -0.4 is 5.32 Å². The van der Waals surface area contributed by atoms with Gasteiger partial charge in [-0.05, 0) is 40.3 Å².